The normalized spacial score (nSPS) is 16.1. The molecule has 0 saturated carbocycles. The van der Waals surface area contributed by atoms with Crippen molar-refractivity contribution in [2.45, 2.75) is 51.0 Å². The molecule has 0 N–H and O–H groups in total. The topological polar surface area (TPSA) is 61.8 Å². The predicted molar refractivity (Wildman–Crippen MR) is 103 cm³/mol. The lowest BCUT2D eigenvalue weighted by Crippen LogP contribution is -2.01. The van der Waals surface area contributed by atoms with Crippen LogP contribution in [0.3, 0.4) is 0 Å². The van der Waals surface area contributed by atoms with Gasteiger partial charge in [-0.25, -0.2) is 9.59 Å². The summed E-state index contributed by atoms with van der Waals surface area (Å²) < 4.78 is 16.0. The lowest BCUT2D eigenvalue weighted by atomic mass is 10.1. The molecule has 146 valence electrons. The predicted octanol–water partition coefficient (Wildman–Crippen LogP) is 4.68. The number of carbonyl (C=O) groups excluding carboxylic acids is 2. The Morgan fingerprint density at radius 1 is 1.07 bits per heavy atom. The van der Waals surface area contributed by atoms with Crippen molar-refractivity contribution in [3.05, 3.63) is 54.6 Å². The SMILES string of the molecule is C=CC(=O)OCCCCCCCCOc1ccc(C2CC(=C)C(=O)O2)cc1. The first-order valence-electron chi connectivity index (χ1n) is 9.51. The number of hydrogen-bond acceptors (Lipinski definition) is 5. The standard InChI is InChI=1S/C22H28O5/c1-3-21(23)26-15-9-7-5-4-6-8-14-25-19-12-10-18(11-13-19)20-16-17(2)22(24)27-20/h3,10-13,20H,1-2,4-9,14-16H2. The van der Waals surface area contributed by atoms with Gasteiger partial charge in [-0.1, -0.05) is 51.0 Å². The molecular formula is C22H28O5. The summed E-state index contributed by atoms with van der Waals surface area (Å²) in [5.41, 5.74) is 1.49. The van der Waals surface area contributed by atoms with Crippen LogP contribution in [0, 0.1) is 0 Å². The molecule has 0 aromatic heterocycles. The second kappa shape index (κ2) is 11.2. The van der Waals surface area contributed by atoms with E-state index in [0.29, 0.717) is 25.2 Å². The van der Waals surface area contributed by atoms with Gasteiger partial charge in [-0.05, 0) is 30.5 Å². The molecule has 27 heavy (non-hydrogen) atoms. The van der Waals surface area contributed by atoms with Crippen molar-refractivity contribution in [3.8, 4) is 5.75 Å². The molecule has 5 heteroatoms. The summed E-state index contributed by atoms with van der Waals surface area (Å²) in [5.74, 6) is 0.166. The molecule has 1 atom stereocenters. The van der Waals surface area contributed by atoms with Crippen LogP contribution in [0.25, 0.3) is 0 Å². The van der Waals surface area contributed by atoms with Gasteiger partial charge in [0.2, 0.25) is 0 Å². The first kappa shape index (κ1) is 20.7. The zero-order valence-electron chi connectivity index (χ0n) is 15.8. The molecule has 1 fully saturated rings. The molecule has 1 heterocycles. The van der Waals surface area contributed by atoms with Gasteiger partial charge in [0.15, 0.2) is 0 Å². The van der Waals surface area contributed by atoms with Gasteiger partial charge >= 0.3 is 11.9 Å². The molecule has 2 rings (SSSR count). The van der Waals surface area contributed by atoms with Crippen LogP contribution in [0.1, 0.15) is 56.6 Å². The Morgan fingerprint density at radius 2 is 1.70 bits per heavy atom. The summed E-state index contributed by atoms with van der Waals surface area (Å²) in [6.07, 6.45) is 7.87. The summed E-state index contributed by atoms with van der Waals surface area (Å²) in [6, 6.07) is 7.69. The number of ether oxygens (including phenoxy) is 3. The maximum Gasteiger partial charge on any atom is 0.334 e. The van der Waals surface area contributed by atoms with Gasteiger partial charge in [0, 0.05) is 18.1 Å². The van der Waals surface area contributed by atoms with Crippen molar-refractivity contribution in [1.82, 2.24) is 0 Å². The molecular weight excluding hydrogens is 344 g/mol. The highest BCUT2D eigenvalue weighted by Gasteiger charge is 2.28. The van der Waals surface area contributed by atoms with Gasteiger partial charge in [0.1, 0.15) is 11.9 Å². The Bertz CT molecular complexity index is 631. The Labute approximate surface area is 161 Å². The molecule has 1 saturated heterocycles. The van der Waals surface area contributed by atoms with E-state index < -0.39 is 0 Å². The number of benzene rings is 1. The quantitative estimate of drug-likeness (QED) is 0.303. The van der Waals surface area contributed by atoms with Crippen LogP contribution in [0.5, 0.6) is 5.75 Å². The van der Waals surface area contributed by atoms with Gasteiger partial charge < -0.3 is 14.2 Å². The number of esters is 2. The highest BCUT2D eigenvalue weighted by Crippen LogP contribution is 2.32. The largest absolute Gasteiger partial charge is 0.494 e. The molecule has 5 nitrogen and oxygen atoms in total. The van der Waals surface area contributed by atoms with E-state index in [2.05, 4.69) is 13.2 Å². The van der Waals surface area contributed by atoms with Gasteiger partial charge in [0.25, 0.3) is 0 Å². The second-order valence-electron chi connectivity index (χ2n) is 6.61. The number of cyclic esters (lactones) is 1. The lowest BCUT2D eigenvalue weighted by molar-refractivity contribution is -0.139. The third-order valence-electron chi connectivity index (χ3n) is 4.44. The van der Waals surface area contributed by atoms with Crippen molar-refractivity contribution >= 4 is 11.9 Å². The lowest BCUT2D eigenvalue weighted by Gasteiger charge is -2.11. The fourth-order valence-electron chi connectivity index (χ4n) is 2.86. The highest BCUT2D eigenvalue weighted by atomic mass is 16.6. The molecule has 1 aromatic carbocycles. The molecule has 1 aromatic rings. The van der Waals surface area contributed by atoms with Gasteiger partial charge in [-0.3, -0.25) is 0 Å². The Kier molecular flexibility index (Phi) is 8.62. The van der Waals surface area contributed by atoms with E-state index in [1.807, 2.05) is 24.3 Å². The first-order chi connectivity index (χ1) is 13.1. The van der Waals surface area contributed by atoms with E-state index in [4.69, 9.17) is 14.2 Å². The molecule has 1 unspecified atom stereocenters. The van der Waals surface area contributed by atoms with E-state index >= 15 is 0 Å². The van der Waals surface area contributed by atoms with E-state index in [1.165, 1.54) is 6.08 Å². The minimum absolute atomic E-state index is 0.223. The molecule has 0 aliphatic carbocycles. The average Bonchev–Trinajstić information content (AvgIpc) is 3.02. The summed E-state index contributed by atoms with van der Waals surface area (Å²) in [6.45, 7) is 8.22. The minimum Gasteiger partial charge on any atom is -0.494 e. The summed E-state index contributed by atoms with van der Waals surface area (Å²) in [5, 5.41) is 0. The van der Waals surface area contributed by atoms with Crippen molar-refractivity contribution in [3.63, 3.8) is 0 Å². The number of carbonyl (C=O) groups is 2. The molecule has 1 aliphatic heterocycles. The summed E-state index contributed by atoms with van der Waals surface area (Å²) in [4.78, 5) is 22.3. The van der Waals surface area contributed by atoms with Crippen molar-refractivity contribution in [2.24, 2.45) is 0 Å². The third-order valence-corrected chi connectivity index (χ3v) is 4.44. The van der Waals surface area contributed by atoms with Gasteiger partial charge in [0.05, 0.1) is 13.2 Å². The van der Waals surface area contributed by atoms with Gasteiger partial charge in [-0.15, -0.1) is 0 Å². The number of hydrogen-bond donors (Lipinski definition) is 0. The Morgan fingerprint density at radius 3 is 2.30 bits per heavy atom. The minimum atomic E-state index is -0.352. The van der Waals surface area contributed by atoms with Gasteiger partial charge in [-0.2, -0.15) is 0 Å². The van der Waals surface area contributed by atoms with Crippen molar-refractivity contribution in [1.29, 1.82) is 0 Å². The Balaban J connectivity index is 1.51. The Hall–Kier alpha value is -2.56. The monoisotopic (exact) mass is 372 g/mol. The average molecular weight is 372 g/mol. The summed E-state index contributed by atoms with van der Waals surface area (Å²) >= 11 is 0. The van der Waals surface area contributed by atoms with Crippen LogP contribution in [-0.2, 0) is 19.1 Å². The fraction of sp³-hybridized carbons (Fsp3) is 0.455. The van der Waals surface area contributed by atoms with E-state index in [-0.39, 0.29) is 18.0 Å². The first-order valence-corrected chi connectivity index (χ1v) is 9.51. The van der Waals surface area contributed by atoms with E-state index in [0.717, 1.165) is 49.8 Å². The van der Waals surface area contributed by atoms with Crippen LogP contribution >= 0.6 is 0 Å². The van der Waals surface area contributed by atoms with E-state index in [1.54, 1.807) is 0 Å². The smallest absolute Gasteiger partial charge is 0.334 e. The molecule has 1 aliphatic rings. The van der Waals surface area contributed by atoms with Crippen LogP contribution in [0.4, 0.5) is 0 Å². The van der Waals surface area contributed by atoms with Crippen molar-refractivity contribution in [2.75, 3.05) is 13.2 Å². The molecule has 0 bridgehead atoms. The number of unbranched alkanes of at least 4 members (excludes halogenated alkanes) is 5. The summed E-state index contributed by atoms with van der Waals surface area (Å²) in [7, 11) is 0. The second-order valence-corrected chi connectivity index (χ2v) is 6.61. The maximum absolute atomic E-state index is 11.4. The fourth-order valence-corrected chi connectivity index (χ4v) is 2.86. The van der Waals surface area contributed by atoms with Crippen LogP contribution in [0.2, 0.25) is 0 Å². The molecule has 0 amide bonds. The molecule has 0 spiro atoms. The zero-order valence-corrected chi connectivity index (χ0v) is 15.8. The van der Waals surface area contributed by atoms with E-state index in [9.17, 15) is 9.59 Å². The van der Waals surface area contributed by atoms with Crippen LogP contribution in [0.15, 0.2) is 49.1 Å². The van der Waals surface area contributed by atoms with Crippen LogP contribution in [-0.4, -0.2) is 25.2 Å². The number of rotatable bonds is 12. The third kappa shape index (κ3) is 7.29. The van der Waals surface area contributed by atoms with Crippen LogP contribution < -0.4 is 4.74 Å². The highest BCUT2D eigenvalue weighted by molar-refractivity contribution is 5.90. The maximum atomic E-state index is 11.4. The molecule has 0 radical (unpaired) electrons. The zero-order chi connectivity index (χ0) is 19.5. The van der Waals surface area contributed by atoms with Crippen molar-refractivity contribution < 1.29 is 23.8 Å².